The quantitative estimate of drug-likeness (QED) is 0.672. The topological polar surface area (TPSA) is 72.2 Å². The Bertz CT molecular complexity index is 684. The molecule has 2 aromatic rings. The maximum absolute atomic E-state index is 12.1. The molecule has 1 N–H and O–H groups in total. The van der Waals surface area contributed by atoms with E-state index in [1.54, 1.807) is 12.1 Å². The molecule has 1 heterocycles. The number of nitrogens with zero attached hydrogens (tertiary/aromatic N) is 2. The van der Waals surface area contributed by atoms with Crippen LogP contribution in [0.5, 0.6) is 0 Å². The summed E-state index contributed by atoms with van der Waals surface area (Å²) in [5.74, 6) is -0.603. The van der Waals surface area contributed by atoms with Crippen LogP contribution < -0.4 is 5.43 Å². The zero-order valence-corrected chi connectivity index (χ0v) is 11.0. The molecule has 1 aromatic carbocycles. The average Bonchev–Trinajstić information content (AvgIpc) is 2.33. The molecule has 0 bridgehead atoms. The van der Waals surface area contributed by atoms with Gasteiger partial charge in [-0.15, -0.1) is 0 Å². The van der Waals surface area contributed by atoms with Crippen LogP contribution in [0.3, 0.4) is 0 Å². The van der Waals surface area contributed by atoms with Crippen molar-refractivity contribution in [3.63, 3.8) is 0 Å². The van der Waals surface area contributed by atoms with E-state index in [0.717, 1.165) is 16.4 Å². The van der Waals surface area contributed by atoms with Crippen molar-refractivity contribution in [2.45, 2.75) is 11.9 Å². The van der Waals surface area contributed by atoms with Gasteiger partial charge in [-0.25, -0.2) is 0 Å². The normalized spacial score (nSPS) is 10.8. The number of thioether (sulfide) groups is 1. The molecule has 5 nitrogen and oxygen atoms in total. The molecule has 0 aliphatic carbocycles. The first-order chi connectivity index (χ1) is 8.54. The Hall–Kier alpha value is -1.37. The minimum atomic E-state index is -0.343. The van der Waals surface area contributed by atoms with Gasteiger partial charge in [0, 0.05) is 11.9 Å². The fourth-order valence-corrected chi connectivity index (χ4v) is 2.25. The molecule has 0 fully saturated rings. The summed E-state index contributed by atoms with van der Waals surface area (Å²) in [6, 6.07) is 4.64. The van der Waals surface area contributed by atoms with Crippen LogP contribution in [0, 0.1) is 0 Å². The summed E-state index contributed by atoms with van der Waals surface area (Å²) in [4.78, 5) is 23.6. The highest BCUT2D eigenvalue weighted by Crippen LogP contribution is 2.19. The first kappa shape index (κ1) is 13.1. The zero-order valence-electron chi connectivity index (χ0n) is 9.38. The highest BCUT2D eigenvalue weighted by Gasteiger charge is 2.13. The largest absolute Gasteiger partial charge is 0.385 e. The smallest absolute Gasteiger partial charge is 0.244 e. The molecule has 0 saturated carbocycles. The number of hydrogen-bond donors (Lipinski definition) is 1. The number of benzene rings is 1. The Labute approximate surface area is 111 Å². The fourth-order valence-electron chi connectivity index (χ4n) is 1.58. The van der Waals surface area contributed by atoms with Crippen molar-refractivity contribution in [2.75, 3.05) is 5.94 Å². The average molecular weight is 285 g/mol. The van der Waals surface area contributed by atoms with E-state index in [1.165, 1.54) is 13.0 Å². The van der Waals surface area contributed by atoms with Crippen LogP contribution >= 0.6 is 23.4 Å². The second-order valence-electron chi connectivity index (χ2n) is 3.50. The molecule has 1 aromatic heterocycles. The number of halogens is 1. The van der Waals surface area contributed by atoms with Crippen molar-refractivity contribution < 1.29 is 9.90 Å². The van der Waals surface area contributed by atoms with Gasteiger partial charge in [0.15, 0.2) is 5.03 Å². The van der Waals surface area contributed by atoms with Gasteiger partial charge in [0.2, 0.25) is 11.3 Å². The van der Waals surface area contributed by atoms with Crippen molar-refractivity contribution in [3.8, 4) is 0 Å². The van der Waals surface area contributed by atoms with Gasteiger partial charge in [0.05, 0.1) is 16.8 Å². The monoisotopic (exact) mass is 284 g/mol. The van der Waals surface area contributed by atoms with Crippen LogP contribution in [0.15, 0.2) is 28.0 Å². The fraction of sp³-hybridized carbons (Fsp3) is 0.182. The van der Waals surface area contributed by atoms with E-state index in [2.05, 4.69) is 5.10 Å². The predicted molar refractivity (Wildman–Crippen MR) is 70.3 cm³/mol. The van der Waals surface area contributed by atoms with Gasteiger partial charge in [0.25, 0.3) is 0 Å². The molecule has 0 aliphatic heterocycles. The van der Waals surface area contributed by atoms with Crippen LogP contribution in [-0.4, -0.2) is 26.7 Å². The Morgan fingerprint density at radius 2 is 2.28 bits per heavy atom. The molecule has 18 heavy (non-hydrogen) atoms. The lowest BCUT2D eigenvalue weighted by Crippen LogP contribution is -2.19. The van der Waals surface area contributed by atoms with Crippen LogP contribution in [0.4, 0.5) is 0 Å². The Balaban J connectivity index is 2.88. The summed E-state index contributed by atoms with van der Waals surface area (Å²) in [7, 11) is 0. The summed E-state index contributed by atoms with van der Waals surface area (Å²) in [6.45, 7) is 1.35. The lowest BCUT2D eigenvalue weighted by Gasteiger charge is -2.08. The molecule has 0 unspecified atom stereocenters. The molecular weight excluding hydrogens is 276 g/mol. The Morgan fingerprint density at radius 3 is 2.89 bits per heavy atom. The van der Waals surface area contributed by atoms with Crippen LogP contribution in [0.1, 0.15) is 11.7 Å². The summed E-state index contributed by atoms with van der Waals surface area (Å²) < 4.78 is 1.13. The van der Waals surface area contributed by atoms with Crippen molar-refractivity contribution in [1.29, 1.82) is 0 Å². The lowest BCUT2D eigenvalue weighted by atomic mass is 10.2. The van der Waals surface area contributed by atoms with Gasteiger partial charge in [0.1, 0.15) is 0 Å². The van der Waals surface area contributed by atoms with Crippen molar-refractivity contribution in [2.24, 2.45) is 0 Å². The van der Waals surface area contributed by atoms with E-state index in [-0.39, 0.29) is 22.3 Å². The number of fused-ring (bicyclic) bond motifs is 1. The predicted octanol–water partition coefficient (Wildman–Crippen LogP) is 1.75. The van der Waals surface area contributed by atoms with Crippen LogP contribution in [0.2, 0.25) is 5.02 Å². The molecule has 7 heteroatoms. The summed E-state index contributed by atoms with van der Waals surface area (Å²) in [6.07, 6.45) is 0. The number of hydrogen-bond acceptors (Lipinski definition) is 5. The van der Waals surface area contributed by atoms with Gasteiger partial charge in [-0.3, -0.25) is 9.59 Å². The van der Waals surface area contributed by atoms with Crippen molar-refractivity contribution >= 4 is 40.2 Å². The maximum Gasteiger partial charge on any atom is 0.244 e. The van der Waals surface area contributed by atoms with Crippen molar-refractivity contribution in [1.82, 2.24) is 9.78 Å². The number of carbonyl (C=O) groups is 1. The van der Waals surface area contributed by atoms with Gasteiger partial charge in [-0.05, 0) is 18.2 Å². The second-order valence-corrected chi connectivity index (χ2v) is 4.87. The summed E-state index contributed by atoms with van der Waals surface area (Å²) in [5.41, 5.74) is 0.0586. The first-order valence-corrected chi connectivity index (χ1v) is 6.38. The molecule has 94 valence electrons. The Morgan fingerprint density at radius 1 is 1.56 bits per heavy atom. The van der Waals surface area contributed by atoms with Gasteiger partial charge in [-0.2, -0.15) is 9.78 Å². The standard InChI is InChI=1S/C11H9ClN2O3S/c1-6(16)14-9-3-2-7(12)4-8(9)10(17)11(13-14)18-5-15/h2-4,15H,5H2,1H3. The third kappa shape index (κ3) is 2.27. The molecular formula is C11H9ClN2O3S. The zero-order chi connectivity index (χ0) is 13.3. The van der Waals surface area contributed by atoms with Gasteiger partial charge < -0.3 is 5.11 Å². The third-order valence-corrected chi connectivity index (χ3v) is 3.22. The van der Waals surface area contributed by atoms with E-state index >= 15 is 0 Å². The second kappa shape index (κ2) is 5.09. The highest BCUT2D eigenvalue weighted by molar-refractivity contribution is 7.99. The molecule has 0 saturated heterocycles. The van der Waals surface area contributed by atoms with E-state index in [0.29, 0.717) is 15.9 Å². The molecule has 0 atom stereocenters. The van der Waals surface area contributed by atoms with E-state index in [9.17, 15) is 9.59 Å². The minimum Gasteiger partial charge on any atom is -0.385 e. The molecule has 2 rings (SSSR count). The number of carbonyl (C=O) groups excluding carboxylic acids is 1. The maximum atomic E-state index is 12.1. The third-order valence-electron chi connectivity index (χ3n) is 2.32. The molecule has 0 radical (unpaired) electrons. The number of aliphatic hydroxyl groups is 1. The molecule has 0 spiro atoms. The van der Waals surface area contributed by atoms with E-state index in [1.807, 2.05) is 0 Å². The number of rotatable bonds is 2. The van der Waals surface area contributed by atoms with Gasteiger partial charge in [-0.1, -0.05) is 23.4 Å². The minimum absolute atomic E-state index is 0.0717. The summed E-state index contributed by atoms with van der Waals surface area (Å²) in [5, 5.41) is 13.6. The van der Waals surface area contributed by atoms with E-state index < -0.39 is 0 Å². The Kier molecular flexibility index (Phi) is 3.70. The van der Waals surface area contributed by atoms with E-state index in [4.69, 9.17) is 16.7 Å². The van der Waals surface area contributed by atoms with Gasteiger partial charge >= 0.3 is 0 Å². The summed E-state index contributed by atoms with van der Waals surface area (Å²) >= 11 is 6.71. The van der Waals surface area contributed by atoms with Crippen LogP contribution in [-0.2, 0) is 0 Å². The molecule has 0 amide bonds. The SMILES string of the molecule is CC(=O)n1nc(SCO)c(=O)c2cc(Cl)ccc21. The lowest BCUT2D eigenvalue weighted by molar-refractivity contribution is 0.0923. The highest BCUT2D eigenvalue weighted by atomic mass is 35.5. The number of aliphatic hydroxyl groups excluding tert-OH is 1. The van der Waals surface area contributed by atoms with Crippen molar-refractivity contribution in [3.05, 3.63) is 33.4 Å². The van der Waals surface area contributed by atoms with Crippen LogP contribution in [0.25, 0.3) is 10.9 Å². The number of aromatic nitrogens is 2. The molecule has 0 aliphatic rings. The first-order valence-electron chi connectivity index (χ1n) is 5.02.